The Bertz CT molecular complexity index is 1950. The quantitative estimate of drug-likeness (QED) is 0.233. The standard InChI is InChI=1S/C40H33FN2/c1-39(2)30-17-11-16-28(22-30)37(26-12-7-5-8-13-26)33-18-21-36(42-33)40(3,4)31-23-29(24-32(41)25-31)38(27-14-9-6-10-15-27)34-19-20-35(39)43-34/h5-25H,1-4H3. The van der Waals surface area contributed by atoms with Gasteiger partial charge < -0.3 is 0 Å². The van der Waals surface area contributed by atoms with E-state index in [-0.39, 0.29) is 11.2 Å². The van der Waals surface area contributed by atoms with Crippen LogP contribution >= 0.6 is 0 Å². The van der Waals surface area contributed by atoms with Crippen molar-refractivity contribution in [2.24, 2.45) is 9.98 Å². The molecule has 0 N–H and O–H groups in total. The maximum Gasteiger partial charge on any atom is 0.124 e. The topological polar surface area (TPSA) is 24.7 Å². The molecule has 0 aliphatic carbocycles. The number of nitrogens with zero attached hydrogens (tertiary/aromatic N) is 2. The van der Waals surface area contributed by atoms with Gasteiger partial charge in [-0.1, -0.05) is 113 Å². The number of hydrogen-bond donors (Lipinski definition) is 0. The lowest BCUT2D eigenvalue weighted by molar-refractivity contribution is 0.616. The minimum absolute atomic E-state index is 0.277. The maximum absolute atomic E-state index is 15.6. The molecule has 3 heteroatoms. The Balaban J connectivity index is 1.56. The van der Waals surface area contributed by atoms with Crippen LogP contribution in [0.3, 0.4) is 0 Å². The normalized spacial score (nSPS) is 18.2. The van der Waals surface area contributed by atoms with Crippen LogP contribution in [0, 0.1) is 5.82 Å². The van der Waals surface area contributed by atoms with E-state index in [2.05, 4.69) is 119 Å². The highest BCUT2D eigenvalue weighted by Crippen LogP contribution is 2.40. The largest absolute Gasteiger partial charge is 0.252 e. The van der Waals surface area contributed by atoms with Gasteiger partial charge in [-0.15, -0.1) is 0 Å². The van der Waals surface area contributed by atoms with Crippen molar-refractivity contribution in [2.45, 2.75) is 38.5 Å². The van der Waals surface area contributed by atoms with Gasteiger partial charge in [-0.25, -0.2) is 4.39 Å². The Morgan fingerprint density at radius 1 is 0.465 bits per heavy atom. The van der Waals surface area contributed by atoms with E-state index in [1.807, 2.05) is 24.3 Å². The van der Waals surface area contributed by atoms with Gasteiger partial charge in [-0.05, 0) is 75.9 Å². The minimum Gasteiger partial charge on any atom is -0.252 e. The molecule has 4 aromatic rings. The van der Waals surface area contributed by atoms with Gasteiger partial charge in [0.25, 0.3) is 0 Å². The Morgan fingerprint density at radius 2 is 0.953 bits per heavy atom. The molecule has 210 valence electrons. The van der Waals surface area contributed by atoms with Crippen molar-refractivity contribution in [3.63, 3.8) is 0 Å². The van der Waals surface area contributed by atoms with Gasteiger partial charge in [0, 0.05) is 22.0 Å². The smallest absolute Gasteiger partial charge is 0.124 e. The third-order valence-electron chi connectivity index (χ3n) is 8.98. The first-order valence-corrected chi connectivity index (χ1v) is 14.8. The number of rotatable bonds is 2. The molecule has 2 nitrogen and oxygen atoms in total. The number of fused-ring (bicyclic) bond motifs is 6. The van der Waals surface area contributed by atoms with E-state index in [0.717, 1.165) is 67.3 Å². The predicted molar refractivity (Wildman–Crippen MR) is 177 cm³/mol. The first-order valence-electron chi connectivity index (χ1n) is 14.8. The van der Waals surface area contributed by atoms with Gasteiger partial charge in [0.15, 0.2) is 0 Å². The minimum atomic E-state index is -0.551. The number of hydrogen-bond acceptors (Lipinski definition) is 2. The second-order valence-corrected chi connectivity index (χ2v) is 12.5. The van der Waals surface area contributed by atoms with Crippen molar-refractivity contribution in [3.8, 4) is 0 Å². The zero-order valence-corrected chi connectivity index (χ0v) is 24.9. The molecule has 0 aromatic heterocycles. The molecule has 0 spiro atoms. The zero-order chi connectivity index (χ0) is 29.8. The molecule has 4 aromatic carbocycles. The van der Waals surface area contributed by atoms with Crippen LogP contribution in [0.4, 0.5) is 4.39 Å². The molecular weight excluding hydrogens is 527 g/mol. The molecule has 43 heavy (non-hydrogen) atoms. The Labute approximate surface area is 253 Å². The summed E-state index contributed by atoms with van der Waals surface area (Å²) in [6.45, 7) is 8.67. The van der Waals surface area contributed by atoms with Gasteiger partial charge in [-0.3, -0.25) is 9.98 Å². The summed E-state index contributed by atoms with van der Waals surface area (Å²) in [7, 11) is 0. The summed E-state index contributed by atoms with van der Waals surface area (Å²) >= 11 is 0. The van der Waals surface area contributed by atoms with Gasteiger partial charge in [0.05, 0.1) is 22.8 Å². The Kier molecular flexibility index (Phi) is 6.36. The van der Waals surface area contributed by atoms with Crippen LogP contribution in [-0.4, -0.2) is 11.4 Å². The van der Waals surface area contributed by atoms with Crippen molar-refractivity contribution < 1.29 is 4.39 Å². The highest BCUT2D eigenvalue weighted by molar-refractivity contribution is 6.09. The SMILES string of the molecule is CC1(C)C2=NC(=C(c3ccccc3)c3cc(F)cc(c3)C(C)(C)C3=NC(=C(c4ccccc4)c4cccc1c4)C=C3)C=C2. The molecule has 0 saturated carbocycles. The third-order valence-corrected chi connectivity index (χ3v) is 8.98. The maximum atomic E-state index is 15.6. The first kappa shape index (κ1) is 27.0. The summed E-state index contributed by atoms with van der Waals surface area (Å²) in [5.41, 5.74) is 10.7. The van der Waals surface area contributed by atoms with Crippen LogP contribution in [0.2, 0.25) is 0 Å². The van der Waals surface area contributed by atoms with Crippen molar-refractivity contribution in [1.82, 2.24) is 0 Å². The van der Waals surface area contributed by atoms with E-state index < -0.39 is 5.41 Å². The second-order valence-electron chi connectivity index (χ2n) is 12.5. The molecule has 0 fully saturated rings. The van der Waals surface area contributed by atoms with E-state index in [4.69, 9.17) is 9.98 Å². The van der Waals surface area contributed by atoms with Crippen LogP contribution in [0.1, 0.15) is 61.1 Å². The number of aliphatic imine (C=N–C) groups is 2. The molecule has 0 atom stereocenters. The van der Waals surface area contributed by atoms with Gasteiger partial charge >= 0.3 is 0 Å². The second kappa shape index (κ2) is 10.1. The summed E-state index contributed by atoms with van der Waals surface area (Å²) < 4.78 is 15.6. The molecule has 7 rings (SSSR count). The lowest BCUT2D eigenvalue weighted by atomic mass is 9.78. The van der Waals surface area contributed by atoms with E-state index in [9.17, 15) is 0 Å². The van der Waals surface area contributed by atoms with E-state index in [1.54, 1.807) is 12.1 Å². The van der Waals surface area contributed by atoms with Crippen LogP contribution in [0.5, 0.6) is 0 Å². The van der Waals surface area contributed by atoms with Crippen LogP contribution in [-0.2, 0) is 10.8 Å². The summed E-state index contributed by atoms with van der Waals surface area (Å²) in [6, 6.07) is 34.7. The van der Waals surface area contributed by atoms with Crippen molar-refractivity contribution in [3.05, 3.63) is 178 Å². The molecule has 0 saturated heterocycles. The highest BCUT2D eigenvalue weighted by Gasteiger charge is 2.32. The van der Waals surface area contributed by atoms with Crippen molar-refractivity contribution in [1.29, 1.82) is 0 Å². The summed E-state index contributed by atoms with van der Waals surface area (Å²) in [6.07, 6.45) is 8.37. The van der Waals surface area contributed by atoms with Crippen molar-refractivity contribution >= 4 is 22.6 Å². The number of benzene rings is 4. The number of allylic oxidation sites excluding steroid dienone is 4. The molecule has 3 aliphatic heterocycles. The van der Waals surface area contributed by atoms with Gasteiger partial charge in [0.2, 0.25) is 0 Å². The average molecular weight is 561 g/mol. The fraction of sp³-hybridized carbons (Fsp3) is 0.150. The molecule has 3 aliphatic rings. The molecule has 0 radical (unpaired) electrons. The average Bonchev–Trinajstić information content (AvgIpc) is 3.70. The van der Waals surface area contributed by atoms with E-state index in [1.165, 1.54) is 0 Å². The van der Waals surface area contributed by atoms with Crippen LogP contribution < -0.4 is 0 Å². The molecule has 8 bridgehead atoms. The predicted octanol–water partition coefficient (Wildman–Crippen LogP) is 9.64. The molecular formula is C40H33FN2. The Hall–Kier alpha value is -4.89. The summed E-state index contributed by atoms with van der Waals surface area (Å²) in [5.74, 6) is -0.277. The summed E-state index contributed by atoms with van der Waals surface area (Å²) in [4.78, 5) is 10.5. The fourth-order valence-electron chi connectivity index (χ4n) is 6.29. The third kappa shape index (κ3) is 4.66. The fourth-order valence-corrected chi connectivity index (χ4v) is 6.29. The molecule has 0 unspecified atom stereocenters. The van der Waals surface area contributed by atoms with Crippen molar-refractivity contribution in [2.75, 3.05) is 0 Å². The number of halogens is 1. The molecule has 0 amide bonds. The van der Waals surface area contributed by atoms with Gasteiger partial charge in [-0.2, -0.15) is 0 Å². The zero-order valence-electron chi connectivity index (χ0n) is 24.9. The van der Waals surface area contributed by atoms with E-state index >= 15 is 4.39 Å². The lowest BCUT2D eigenvalue weighted by Crippen LogP contribution is -2.27. The van der Waals surface area contributed by atoms with E-state index in [0.29, 0.717) is 0 Å². The Morgan fingerprint density at radius 3 is 1.53 bits per heavy atom. The molecule has 3 heterocycles. The summed E-state index contributed by atoms with van der Waals surface area (Å²) in [5, 5.41) is 0. The van der Waals surface area contributed by atoms with Gasteiger partial charge in [0.1, 0.15) is 5.82 Å². The lowest BCUT2D eigenvalue weighted by Gasteiger charge is -2.27. The van der Waals surface area contributed by atoms with Crippen LogP contribution in [0.15, 0.2) is 149 Å². The highest BCUT2D eigenvalue weighted by atomic mass is 19.1. The van der Waals surface area contributed by atoms with Crippen LogP contribution in [0.25, 0.3) is 11.1 Å². The monoisotopic (exact) mass is 560 g/mol. The first-order chi connectivity index (χ1) is 20.7.